The zero-order valence-electron chi connectivity index (χ0n) is 17.4. The topological polar surface area (TPSA) is 105 Å². The van der Waals surface area contributed by atoms with Crippen LogP contribution in [0.15, 0.2) is 0 Å². The summed E-state index contributed by atoms with van der Waals surface area (Å²) in [6.07, 6.45) is 1.32. The largest absolute Gasteiger partial charge is 0.444 e. The van der Waals surface area contributed by atoms with E-state index in [-0.39, 0.29) is 36.8 Å². The van der Waals surface area contributed by atoms with Gasteiger partial charge in [-0.2, -0.15) is 0 Å². The molecule has 0 aromatic carbocycles. The fraction of sp³-hybridized carbons (Fsp3) is 0.889. The third kappa shape index (κ3) is 7.65. The lowest BCUT2D eigenvalue weighted by molar-refractivity contribution is -0.133. The van der Waals surface area contributed by atoms with E-state index in [1.165, 1.54) is 0 Å². The molecule has 1 fully saturated rings. The van der Waals surface area contributed by atoms with Crippen molar-refractivity contribution in [3.8, 4) is 0 Å². The molecule has 0 bridgehead atoms. The molecule has 1 aliphatic rings. The van der Waals surface area contributed by atoms with Crippen LogP contribution in [0.3, 0.4) is 0 Å². The highest BCUT2D eigenvalue weighted by atomic mass is 32.2. The number of likely N-dealkylation sites (tertiary alicyclic amines) is 1. The van der Waals surface area contributed by atoms with E-state index < -0.39 is 21.0 Å². The van der Waals surface area contributed by atoms with E-state index in [1.54, 1.807) is 11.8 Å². The van der Waals surface area contributed by atoms with Gasteiger partial charge in [-0.3, -0.25) is 4.79 Å². The Morgan fingerprint density at radius 3 is 2.33 bits per heavy atom. The van der Waals surface area contributed by atoms with Gasteiger partial charge in [-0.25, -0.2) is 17.9 Å². The van der Waals surface area contributed by atoms with Crippen LogP contribution in [0.5, 0.6) is 0 Å². The summed E-state index contributed by atoms with van der Waals surface area (Å²) in [6, 6.07) is 0. The lowest BCUT2D eigenvalue weighted by atomic mass is 9.74. The second-order valence-electron chi connectivity index (χ2n) is 8.54. The maximum Gasteiger partial charge on any atom is 0.410 e. The van der Waals surface area contributed by atoms with E-state index in [4.69, 9.17) is 4.74 Å². The fourth-order valence-electron chi connectivity index (χ4n) is 2.96. The average Bonchev–Trinajstić information content (AvgIpc) is 2.57. The second kappa shape index (κ2) is 9.23. The number of hydrogen-bond donors (Lipinski definition) is 2. The molecule has 1 rings (SSSR count). The first kappa shape index (κ1) is 23.7. The molecule has 1 aliphatic heterocycles. The molecule has 0 unspecified atom stereocenters. The van der Waals surface area contributed by atoms with Crippen molar-refractivity contribution in [1.29, 1.82) is 0 Å². The Balaban J connectivity index is 2.59. The van der Waals surface area contributed by atoms with Crippen molar-refractivity contribution in [3.63, 3.8) is 0 Å². The van der Waals surface area contributed by atoms with Gasteiger partial charge in [0, 0.05) is 31.6 Å². The van der Waals surface area contributed by atoms with Crippen molar-refractivity contribution in [1.82, 2.24) is 14.9 Å². The van der Waals surface area contributed by atoms with Crippen molar-refractivity contribution in [3.05, 3.63) is 0 Å². The standard InChI is InChI=1S/C18H35N3O5S/c1-7-27(24,25)20-11-10-19-15(22)18(5,6)14-9-8-12-21(13-14)16(23)26-17(2,3)4/h14,20H,7-13H2,1-6H3,(H,19,22)/t14-/m0/s1. The molecule has 9 heteroatoms. The average molecular weight is 406 g/mol. The zero-order chi connectivity index (χ0) is 20.9. The molecule has 2 amide bonds. The Labute approximate surface area is 163 Å². The van der Waals surface area contributed by atoms with Gasteiger partial charge in [0.15, 0.2) is 0 Å². The van der Waals surface area contributed by atoms with Gasteiger partial charge in [0.25, 0.3) is 0 Å². The summed E-state index contributed by atoms with van der Waals surface area (Å²) < 4.78 is 30.7. The molecule has 0 aromatic heterocycles. The minimum absolute atomic E-state index is 0.00565. The van der Waals surface area contributed by atoms with Gasteiger partial charge in [-0.1, -0.05) is 13.8 Å². The van der Waals surface area contributed by atoms with E-state index in [2.05, 4.69) is 10.0 Å². The molecule has 1 heterocycles. The van der Waals surface area contributed by atoms with Gasteiger partial charge in [0.2, 0.25) is 15.9 Å². The molecule has 0 spiro atoms. The van der Waals surface area contributed by atoms with E-state index in [1.807, 2.05) is 34.6 Å². The molecular formula is C18H35N3O5S. The summed E-state index contributed by atoms with van der Waals surface area (Å²) in [6.45, 7) is 12.3. The van der Waals surface area contributed by atoms with Crippen molar-refractivity contribution in [2.75, 3.05) is 31.9 Å². The van der Waals surface area contributed by atoms with Crippen LogP contribution in [0.1, 0.15) is 54.4 Å². The first-order valence-corrected chi connectivity index (χ1v) is 11.2. The Morgan fingerprint density at radius 1 is 1.15 bits per heavy atom. The number of nitrogens with zero attached hydrogens (tertiary/aromatic N) is 1. The van der Waals surface area contributed by atoms with Crippen LogP contribution in [-0.4, -0.2) is 62.9 Å². The molecule has 158 valence electrons. The first-order chi connectivity index (χ1) is 12.3. The van der Waals surface area contributed by atoms with Crippen LogP contribution in [0, 0.1) is 11.3 Å². The first-order valence-electron chi connectivity index (χ1n) is 9.52. The summed E-state index contributed by atoms with van der Waals surface area (Å²) in [4.78, 5) is 26.6. The second-order valence-corrected chi connectivity index (χ2v) is 10.6. The van der Waals surface area contributed by atoms with Crippen LogP contribution in [0.2, 0.25) is 0 Å². The lowest BCUT2D eigenvalue weighted by Gasteiger charge is -2.40. The number of piperidine rings is 1. The van der Waals surface area contributed by atoms with E-state index in [0.717, 1.165) is 12.8 Å². The summed E-state index contributed by atoms with van der Waals surface area (Å²) >= 11 is 0. The minimum Gasteiger partial charge on any atom is -0.444 e. The number of carbonyl (C=O) groups is 2. The van der Waals surface area contributed by atoms with E-state index >= 15 is 0 Å². The maximum atomic E-state index is 12.6. The molecule has 8 nitrogen and oxygen atoms in total. The van der Waals surface area contributed by atoms with Crippen molar-refractivity contribution >= 4 is 22.0 Å². The highest BCUT2D eigenvalue weighted by molar-refractivity contribution is 7.89. The van der Waals surface area contributed by atoms with Gasteiger partial charge in [0.05, 0.1) is 5.75 Å². The van der Waals surface area contributed by atoms with Crippen molar-refractivity contribution in [2.24, 2.45) is 11.3 Å². The molecular weight excluding hydrogens is 370 g/mol. The SMILES string of the molecule is CCS(=O)(=O)NCCNC(=O)C(C)(C)[C@H]1CCCN(C(=O)OC(C)(C)C)C1. The Morgan fingerprint density at radius 2 is 1.78 bits per heavy atom. The summed E-state index contributed by atoms with van der Waals surface area (Å²) in [5.74, 6) is -0.130. The molecule has 1 atom stereocenters. The molecule has 0 saturated carbocycles. The third-order valence-corrected chi connectivity index (χ3v) is 6.20. The van der Waals surface area contributed by atoms with Crippen LogP contribution in [0.4, 0.5) is 4.79 Å². The minimum atomic E-state index is -3.26. The normalized spacial score (nSPS) is 18.9. The van der Waals surface area contributed by atoms with Gasteiger partial charge in [-0.15, -0.1) is 0 Å². The number of hydrogen-bond acceptors (Lipinski definition) is 5. The summed E-state index contributed by atoms with van der Waals surface area (Å²) in [5.41, 5.74) is -1.23. The van der Waals surface area contributed by atoms with Crippen LogP contribution >= 0.6 is 0 Å². The third-order valence-electron chi connectivity index (χ3n) is 4.79. The fourth-order valence-corrected chi connectivity index (χ4v) is 3.57. The number of ether oxygens (including phenoxy) is 1. The van der Waals surface area contributed by atoms with Gasteiger partial charge < -0.3 is 15.0 Å². The number of amides is 2. The summed E-state index contributed by atoms with van der Waals surface area (Å²) in [7, 11) is -3.26. The number of nitrogens with one attached hydrogen (secondary N) is 2. The van der Waals surface area contributed by atoms with E-state index in [9.17, 15) is 18.0 Å². The van der Waals surface area contributed by atoms with Gasteiger partial charge >= 0.3 is 6.09 Å². The smallest absolute Gasteiger partial charge is 0.410 e. The highest BCUT2D eigenvalue weighted by Gasteiger charge is 2.40. The van der Waals surface area contributed by atoms with Gasteiger partial charge in [-0.05, 0) is 46.5 Å². The van der Waals surface area contributed by atoms with Crippen molar-refractivity contribution in [2.45, 2.75) is 60.0 Å². The Hall–Kier alpha value is -1.35. The maximum absolute atomic E-state index is 12.6. The zero-order valence-corrected chi connectivity index (χ0v) is 18.2. The summed E-state index contributed by atoms with van der Waals surface area (Å²) in [5, 5.41) is 2.80. The molecule has 27 heavy (non-hydrogen) atoms. The lowest BCUT2D eigenvalue weighted by Crippen LogP contribution is -2.51. The molecule has 0 aliphatic carbocycles. The Kier molecular flexibility index (Phi) is 8.10. The van der Waals surface area contributed by atoms with Crippen LogP contribution < -0.4 is 10.0 Å². The monoisotopic (exact) mass is 405 g/mol. The Bertz CT molecular complexity index is 625. The quantitative estimate of drug-likeness (QED) is 0.628. The van der Waals surface area contributed by atoms with Gasteiger partial charge in [0.1, 0.15) is 5.60 Å². The van der Waals surface area contributed by atoms with E-state index in [0.29, 0.717) is 13.1 Å². The predicted octanol–water partition coefficient (Wildman–Crippen LogP) is 1.72. The molecule has 0 radical (unpaired) electrons. The predicted molar refractivity (Wildman–Crippen MR) is 105 cm³/mol. The van der Waals surface area contributed by atoms with Crippen LogP contribution in [-0.2, 0) is 19.6 Å². The number of sulfonamides is 1. The molecule has 2 N–H and O–H groups in total. The highest BCUT2D eigenvalue weighted by Crippen LogP contribution is 2.34. The molecule has 1 saturated heterocycles. The van der Waals surface area contributed by atoms with Crippen LogP contribution in [0.25, 0.3) is 0 Å². The molecule has 0 aromatic rings. The number of carbonyl (C=O) groups excluding carboxylic acids is 2. The number of rotatable bonds is 7. The van der Waals surface area contributed by atoms with Crippen molar-refractivity contribution < 1.29 is 22.7 Å².